The smallest absolute Gasteiger partial charge is 0.190 e. The Morgan fingerprint density at radius 3 is 2.47 bits per heavy atom. The molecule has 3 N–H and O–H groups in total. The second-order valence-corrected chi connectivity index (χ2v) is 3.29. The number of aliphatic hydroxyl groups excluding tert-OH is 1. The average Bonchev–Trinajstić information content (AvgIpc) is 2.17. The summed E-state index contributed by atoms with van der Waals surface area (Å²) in [6, 6.07) is 1.54. The first-order chi connectivity index (χ1) is 6.99. The Kier molecular flexibility index (Phi) is 3.60. The SMILES string of the molecule is COc1c(F)ccc(C(O)C(C)N)c1F. The molecule has 0 aliphatic carbocycles. The number of benzene rings is 1. The molecule has 84 valence electrons. The number of ether oxygens (including phenoxy) is 1. The molecular formula is C10H13F2NO2. The number of aliphatic hydroxyl groups is 1. The van der Waals surface area contributed by atoms with E-state index in [9.17, 15) is 13.9 Å². The third-order valence-electron chi connectivity index (χ3n) is 2.10. The fraction of sp³-hybridized carbons (Fsp3) is 0.400. The van der Waals surface area contributed by atoms with Gasteiger partial charge in [-0.25, -0.2) is 8.78 Å². The van der Waals surface area contributed by atoms with Crippen LogP contribution in [0.4, 0.5) is 8.78 Å². The second-order valence-electron chi connectivity index (χ2n) is 3.29. The Labute approximate surface area is 86.5 Å². The predicted octanol–water partition coefficient (Wildman–Crippen LogP) is 1.35. The van der Waals surface area contributed by atoms with Gasteiger partial charge in [-0.15, -0.1) is 0 Å². The maximum atomic E-state index is 13.6. The zero-order valence-electron chi connectivity index (χ0n) is 8.50. The average molecular weight is 217 g/mol. The van der Waals surface area contributed by atoms with Crippen molar-refractivity contribution in [2.24, 2.45) is 5.73 Å². The molecule has 0 aromatic heterocycles. The van der Waals surface area contributed by atoms with Gasteiger partial charge in [-0.1, -0.05) is 6.07 Å². The molecule has 3 nitrogen and oxygen atoms in total. The lowest BCUT2D eigenvalue weighted by atomic mass is 10.0. The number of nitrogens with two attached hydrogens (primary N) is 1. The van der Waals surface area contributed by atoms with E-state index in [2.05, 4.69) is 4.74 Å². The summed E-state index contributed by atoms with van der Waals surface area (Å²) in [5, 5.41) is 9.55. The van der Waals surface area contributed by atoms with Crippen LogP contribution in [0.5, 0.6) is 5.75 Å². The molecule has 0 saturated heterocycles. The lowest BCUT2D eigenvalue weighted by molar-refractivity contribution is 0.147. The van der Waals surface area contributed by atoms with E-state index in [0.717, 1.165) is 19.2 Å². The monoisotopic (exact) mass is 217 g/mol. The molecule has 0 amide bonds. The summed E-state index contributed by atoms with van der Waals surface area (Å²) in [5.41, 5.74) is 5.35. The fourth-order valence-corrected chi connectivity index (χ4v) is 1.25. The molecule has 1 rings (SSSR count). The van der Waals surface area contributed by atoms with E-state index in [1.54, 1.807) is 0 Å². The van der Waals surface area contributed by atoms with Crippen LogP contribution in [0.2, 0.25) is 0 Å². The first kappa shape index (κ1) is 11.9. The van der Waals surface area contributed by atoms with Crippen molar-refractivity contribution in [1.29, 1.82) is 0 Å². The predicted molar refractivity (Wildman–Crippen MR) is 51.5 cm³/mol. The van der Waals surface area contributed by atoms with Crippen LogP contribution in [0, 0.1) is 11.6 Å². The summed E-state index contributed by atoms with van der Waals surface area (Å²) in [5.74, 6) is -2.23. The van der Waals surface area contributed by atoms with E-state index >= 15 is 0 Å². The third kappa shape index (κ3) is 2.24. The molecule has 1 aromatic rings. The van der Waals surface area contributed by atoms with E-state index in [1.807, 2.05) is 0 Å². The summed E-state index contributed by atoms with van der Waals surface area (Å²) in [6.07, 6.45) is -1.18. The first-order valence-corrected chi connectivity index (χ1v) is 4.44. The summed E-state index contributed by atoms with van der Waals surface area (Å²) in [6.45, 7) is 1.53. The first-order valence-electron chi connectivity index (χ1n) is 4.44. The van der Waals surface area contributed by atoms with Crippen LogP contribution >= 0.6 is 0 Å². The van der Waals surface area contributed by atoms with Crippen LogP contribution in [0.25, 0.3) is 0 Å². The Bertz CT molecular complexity index is 356. The highest BCUT2D eigenvalue weighted by Gasteiger charge is 2.21. The molecule has 0 fully saturated rings. The van der Waals surface area contributed by atoms with E-state index in [0.29, 0.717) is 0 Å². The molecule has 15 heavy (non-hydrogen) atoms. The molecule has 1 aromatic carbocycles. The molecule has 0 saturated carbocycles. The molecule has 2 unspecified atom stereocenters. The van der Waals surface area contributed by atoms with Crippen molar-refractivity contribution >= 4 is 0 Å². The van der Waals surface area contributed by atoms with Gasteiger partial charge in [0.1, 0.15) is 0 Å². The largest absolute Gasteiger partial charge is 0.491 e. The van der Waals surface area contributed by atoms with Gasteiger partial charge in [0.15, 0.2) is 17.4 Å². The van der Waals surface area contributed by atoms with Crippen molar-refractivity contribution in [1.82, 2.24) is 0 Å². The van der Waals surface area contributed by atoms with Crippen molar-refractivity contribution < 1.29 is 18.6 Å². The number of rotatable bonds is 3. The summed E-state index contributed by atoms with van der Waals surface area (Å²) in [7, 11) is 1.16. The zero-order chi connectivity index (χ0) is 11.6. The van der Waals surface area contributed by atoms with Crippen LogP contribution in [-0.2, 0) is 0 Å². The van der Waals surface area contributed by atoms with E-state index < -0.39 is 29.5 Å². The topological polar surface area (TPSA) is 55.5 Å². The molecule has 5 heteroatoms. The Hall–Kier alpha value is -1.20. The molecule has 0 aliphatic heterocycles. The summed E-state index contributed by atoms with van der Waals surface area (Å²) >= 11 is 0. The number of hydrogen-bond donors (Lipinski definition) is 2. The van der Waals surface area contributed by atoms with Gasteiger partial charge in [0, 0.05) is 11.6 Å². The normalized spacial score (nSPS) is 14.8. The third-order valence-corrected chi connectivity index (χ3v) is 2.10. The zero-order valence-corrected chi connectivity index (χ0v) is 8.50. The minimum absolute atomic E-state index is 0.0664. The van der Waals surface area contributed by atoms with Crippen molar-refractivity contribution in [2.45, 2.75) is 19.1 Å². The molecule has 2 atom stereocenters. The summed E-state index contributed by atoms with van der Waals surface area (Å²) in [4.78, 5) is 0. The highest BCUT2D eigenvalue weighted by atomic mass is 19.1. The van der Waals surface area contributed by atoms with E-state index in [-0.39, 0.29) is 5.56 Å². The molecule has 0 aliphatic rings. The van der Waals surface area contributed by atoms with Gasteiger partial charge in [0.25, 0.3) is 0 Å². The van der Waals surface area contributed by atoms with Crippen LogP contribution in [0.3, 0.4) is 0 Å². The molecule has 0 spiro atoms. The van der Waals surface area contributed by atoms with Gasteiger partial charge >= 0.3 is 0 Å². The minimum atomic E-state index is -1.18. The minimum Gasteiger partial charge on any atom is -0.491 e. The van der Waals surface area contributed by atoms with Crippen LogP contribution in [-0.4, -0.2) is 18.3 Å². The lowest BCUT2D eigenvalue weighted by Gasteiger charge is -2.16. The highest BCUT2D eigenvalue weighted by molar-refractivity contribution is 5.34. The van der Waals surface area contributed by atoms with Crippen molar-refractivity contribution in [3.05, 3.63) is 29.3 Å². The maximum Gasteiger partial charge on any atom is 0.190 e. The molecule has 0 radical (unpaired) electrons. The molecule has 0 bridgehead atoms. The van der Waals surface area contributed by atoms with Crippen LogP contribution in [0.1, 0.15) is 18.6 Å². The Morgan fingerprint density at radius 2 is 2.00 bits per heavy atom. The number of hydrogen-bond acceptors (Lipinski definition) is 3. The quantitative estimate of drug-likeness (QED) is 0.803. The summed E-state index contributed by atoms with van der Waals surface area (Å²) < 4.78 is 31.1. The fourth-order valence-electron chi connectivity index (χ4n) is 1.25. The molecule has 0 heterocycles. The van der Waals surface area contributed by atoms with Gasteiger partial charge < -0.3 is 15.6 Å². The molecular weight excluding hydrogens is 204 g/mol. The van der Waals surface area contributed by atoms with E-state index in [4.69, 9.17) is 5.73 Å². The van der Waals surface area contributed by atoms with Crippen LogP contribution < -0.4 is 10.5 Å². The van der Waals surface area contributed by atoms with Gasteiger partial charge in [0.05, 0.1) is 13.2 Å². The van der Waals surface area contributed by atoms with Gasteiger partial charge in [-0.3, -0.25) is 0 Å². The standard InChI is InChI=1S/C10H13F2NO2/c1-5(13)9(14)6-3-4-7(11)10(15-2)8(6)12/h3-5,9,14H,13H2,1-2H3. The van der Waals surface area contributed by atoms with Crippen LogP contribution in [0.15, 0.2) is 12.1 Å². The van der Waals surface area contributed by atoms with Gasteiger partial charge in [0.2, 0.25) is 0 Å². The van der Waals surface area contributed by atoms with Crippen molar-refractivity contribution in [3.63, 3.8) is 0 Å². The lowest BCUT2D eigenvalue weighted by Crippen LogP contribution is -2.25. The number of halogens is 2. The van der Waals surface area contributed by atoms with E-state index in [1.165, 1.54) is 6.92 Å². The highest BCUT2D eigenvalue weighted by Crippen LogP contribution is 2.28. The van der Waals surface area contributed by atoms with Gasteiger partial charge in [-0.05, 0) is 13.0 Å². The maximum absolute atomic E-state index is 13.6. The Balaban J connectivity index is 3.21. The van der Waals surface area contributed by atoms with Crippen molar-refractivity contribution in [2.75, 3.05) is 7.11 Å². The Morgan fingerprint density at radius 1 is 1.40 bits per heavy atom. The number of methoxy groups -OCH3 is 1. The second kappa shape index (κ2) is 4.55. The van der Waals surface area contributed by atoms with Gasteiger partial charge in [-0.2, -0.15) is 0 Å². The van der Waals surface area contributed by atoms with Crippen molar-refractivity contribution in [3.8, 4) is 5.75 Å².